The number of likely N-dealkylation sites (N-methyl/N-ethyl adjacent to an activating group) is 1. The Balaban J connectivity index is 1.83. The van der Waals surface area contributed by atoms with Gasteiger partial charge in [-0.15, -0.1) is 0 Å². The molecule has 0 bridgehead atoms. The summed E-state index contributed by atoms with van der Waals surface area (Å²) in [6.45, 7) is 5.68. The lowest BCUT2D eigenvalue weighted by atomic mass is 10.1. The molecule has 2 atom stereocenters. The molecule has 5 nitrogen and oxygen atoms in total. The average Bonchev–Trinajstić information content (AvgIpc) is 3.07. The molecule has 6 heteroatoms. The number of halogens is 1. The Hall–Kier alpha value is -1.98. The summed E-state index contributed by atoms with van der Waals surface area (Å²) in [7, 11) is 0. The molecular formula is C16H21FN2O3. The second-order valence-electron chi connectivity index (χ2n) is 5.96. The molecule has 0 aliphatic carbocycles. The monoisotopic (exact) mass is 308 g/mol. The molecule has 2 heterocycles. The van der Waals surface area contributed by atoms with Crippen LogP contribution >= 0.6 is 0 Å². The lowest BCUT2D eigenvalue weighted by molar-refractivity contribution is 0.131. The lowest BCUT2D eigenvalue weighted by Crippen LogP contribution is -2.41. The molecule has 120 valence electrons. The molecule has 1 saturated heterocycles. The molecule has 2 aliphatic heterocycles. The van der Waals surface area contributed by atoms with Gasteiger partial charge in [0.15, 0.2) is 11.6 Å². The van der Waals surface area contributed by atoms with Gasteiger partial charge >= 0.3 is 6.09 Å². The number of carbonyl (C=O) groups is 1. The van der Waals surface area contributed by atoms with E-state index in [1.807, 2.05) is 13.8 Å². The predicted octanol–water partition coefficient (Wildman–Crippen LogP) is 2.73. The summed E-state index contributed by atoms with van der Waals surface area (Å²) in [4.78, 5) is 14.9. The zero-order valence-corrected chi connectivity index (χ0v) is 12.9. The van der Waals surface area contributed by atoms with Crippen LogP contribution in [0.3, 0.4) is 0 Å². The van der Waals surface area contributed by atoms with Crippen molar-refractivity contribution >= 4 is 11.8 Å². The molecule has 0 aromatic heterocycles. The third-order valence-corrected chi connectivity index (χ3v) is 4.53. The SMILES string of the molecule is CCN(C(=O)O)[C@H]1CCN(c2ccc(F)c3c2CC(C)O3)C1. The van der Waals surface area contributed by atoms with Gasteiger partial charge in [0.05, 0.1) is 6.04 Å². The number of hydrogen-bond donors (Lipinski definition) is 1. The Morgan fingerprint density at radius 2 is 2.32 bits per heavy atom. The van der Waals surface area contributed by atoms with E-state index in [1.165, 1.54) is 11.0 Å². The molecular weight excluding hydrogens is 287 g/mol. The first-order valence-corrected chi connectivity index (χ1v) is 7.73. The number of nitrogens with zero attached hydrogens (tertiary/aromatic N) is 2. The van der Waals surface area contributed by atoms with Crippen molar-refractivity contribution in [1.82, 2.24) is 4.90 Å². The van der Waals surface area contributed by atoms with E-state index in [2.05, 4.69) is 4.90 Å². The fourth-order valence-electron chi connectivity index (χ4n) is 3.50. The van der Waals surface area contributed by atoms with Gasteiger partial charge in [-0.3, -0.25) is 0 Å². The van der Waals surface area contributed by atoms with E-state index in [0.717, 1.165) is 24.2 Å². The molecule has 22 heavy (non-hydrogen) atoms. The van der Waals surface area contributed by atoms with Crippen molar-refractivity contribution in [2.75, 3.05) is 24.5 Å². The van der Waals surface area contributed by atoms with Crippen LogP contribution in [0, 0.1) is 5.82 Å². The summed E-state index contributed by atoms with van der Waals surface area (Å²) in [6.07, 6.45) is 0.591. The molecule has 1 unspecified atom stereocenters. The van der Waals surface area contributed by atoms with Gasteiger partial charge in [0.1, 0.15) is 6.10 Å². The number of fused-ring (bicyclic) bond motifs is 1. The van der Waals surface area contributed by atoms with Gasteiger partial charge in [0.2, 0.25) is 0 Å². The standard InChI is InChI=1S/C16H21FN2O3/c1-3-19(16(20)21)11-6-7-18(9-11)14-5-4-13(17)15-12(14)8-10(2)22-15/h4-5,10-11H,3,6-9H2,1-2H3,(H,20,21)/t10?,11-/m0/s1. The van der Waals surface area contributed by atoms with E-state index in [1.54, 1.807) is 6.07 Å². The van der Waals surface area contributed by atoms with Crippen molar-refractivity contribution < 1.29 is 19.0 Å². The van der Waals surface area contributed by atoms with Gasteiger partial charge in [-0.05, 0) is 32.4 Å². The Labute approximate surface area is 129 Å². The molecule has 3 rings (SSSR count). The highest BCUT2D eigenvalue weighted by Crippen LogP contribution is 2.39. The maximum Gasteiger partial charge on any atom is 0.407 e. The lowest BCUT2D eigenvalue weighted by Gasteiger charge is -2.26. The van der Waals surface area contributed by atoms with Gasteiger partial charge < -0.3 is 19.6 Å². The second kappa shape index (κ2) is 5.66. The Kier molecular flexibility index (Phi) is 3.85. The highest BCUT2D eigenvalue weighted by atomic mass is 19.1. The number of ether oxygens (including phenoxy) is 1. The number of carboxylic acid groups (broad SMARTS) is 1. The van der Waals surface area contributed by atoms with Gasteiger partial charge in [0, 0.05) is 37.3 Å². The van der Waals surface area contributed by atoms with Crippen molar-refractivity contribution in [2.45, 2.75) is 38.8 Å². The summed E-state index contributed by atoms with van der Waals surface area (Å²) in [5, 5.41) is 9.25. The van der Waals surface area contributed by atoms with E-state index in [0.29, 0.717) is 25.3 Å². The Morgan fingerprint density at radius 1 is 1.55 bits per heavy atom. The average molecular weight is 308 g/mol. The molecule has 2 aliphatic rings. The smallest absolute Gasteiger partial charge is 0.407 e. The van der Waals surface area contributed by atoms with Gasteiger partial charge in [0.25, 0.3) is 0 Å². The third-order valence-electron chi connectivity index (χ3n) is 4.53. The molecule has 1 aromatic rings. The second-order valence-corrected chi connectivity index (χ2v) is 5.96. The van der Waals surface area contributed by atoms with Crippen molar-refractivity contribution in [3.8, 4) is 5.75 Å². The van der Waals surface area contributed by atoms with Crippen LogP contribution in [-0.2, 0) is 6.42 Å². The van der Waals surface area contributed by atoms with Gasteiger partial charge in [-0.1, -0.05) is 0 Å². The zero-order chi connectivity index (χ0) is 15.9. The molecule has 1 N–H and O–H groups in total. The minimum atomic E-state index is -0.879. The minimum absolute atomic E-state index is 0.0112. The highest BCUT2D eigenvalue weighted by Gasteiger charge is 2.33. The zero-order valence-electron chi connectivity index (χ0n) is 12.9. The van der Waals surface area contributed by atoms with Crippen LogP contribution in [0.4, 0.5) is 14.9 Å². The van der Waals surface area contributed by atoms with Crippen LogP contribution in [0.25, 0.3) is 0 Å². The van der Waals surface area contributed by atoms with Crippen LogP contribution in [0.1, 0.15) is 25.8 Å². The van der Waals surface area contributed by atoms with Crippen molar-refractivity contribution in [2.24, 2.45) is 0 Å². The molecule has 1 amide bonds. The van der Waals surface area contributed by atoms with E-state index in [-0.39, 0.29) is 18.0 Å². The fraction of sp³-hybridized carbons (Fsp3) is 0.562. The maximum atomic E-state index is 13.9. The van der Waals surface area contributed by atoms with E-state index >= 15 is 0 Å². The predicted molar refractivity (Wildman–Crippen MR) is 81.2 cm³/mol. The van der Waals surface area contributed by atoms with Crippen LogP contribution in [-0.4, -0.2) is 47.9 Å². The van der Waals surface area contributed by atoms with Crippen molar-refractivity contribution in [3.05, 3.63) is 23.5 Å². The number of hydrogen-bond acceptors (Lipinski definition) is 3. The first kappa shape index (κ1) is 14.9. The number of amides is 1. The van der Waals surface area contributed by atoms with Crippen LogP contribution < -0.4 is 9.64 Å². The Bertz CT molecular complexity index is 593. The molecule has 1 aromatic carbocycles. The van der Waals surface area contributed by atoms with E-state index < -0.39 is 6.09 Å². The summed E-state index contributed by atoms with van der Waals surface area (Å²) in [6, 6.07) is 3.21. The normalized spacial score (nSPS) is 23.3. The molecule has 0 radical (unpaired) electrons. The molecule has 0 saturated carbocycles. The van der Waals surface area contributed by atoms with Crippen LogP contribution in [0.2, 0.25) is 0 Å². The summed E-state index contributed by atoms with van der Waals surface area (Å²) >= 11 is 0. The van der Waals surface area contributed by atoms with Crippen molar-refractivity contribution in [3.63, 3.8) is 0 Å². The van der Waals surface area contributed by atoms with E-state index in [9.17, 15) is 14.3 Å². The number of anilines is 1. The third kappa shape index (κ3) is 2.46. The largest absolute Gasteiger partial charge is 0.487 e. The van der Waals surface area contributed by atoms with Crippen LogP contribution in [0.5, 0.6) is 5.75 Å². The number of benzene rings is 1. The summed E-state index contributed by atoms with van der Waals surface area (Å²) < 4.78 is 19.4. The quantitative estimate of drug-likeness (QED) is 0.933. The topological polar surface area (TPSA) is 53.0 Å². The summed E-state index contributed by atoms with van der Waals surface area (Å²) in [5.41, 5.74) is 1.89. The molecule has 1 fully saturated rings. The first-order chi connectivity index (χ1) is 10.5. The van der Waals surface area contributed by atoms with E-state index in [4.69, 9.17) is 4.74 Å². The minimum Gasteiger partial charge on any atom is -0.487 e. The Morgan fingerprint density at radius 3 is 3.00 bits per heavy atom. The fourth-order valence-corrected chi connectivity index (χ4v) is 3.50. The highest BCUT2D eigenvalue weighted by molar-refractivity contribution is 5.66. The first-order valence-electron chi connectivity index (χ1n) is 7.73. The number of rotatable bonds is 3. The van der Waals surface area contributed by atoms with Crippen molar-refractivity contribution in [1.29, 1.82) is 0 Å². The molecule has 0 spiro atoms. The van der Waals surface area contributed by atoms with Crippen LogP contribution in [0.15, 0.2) is 12.1 Å². The summed E-state index contributed by atoms with van der Waals surface area (Å²) in [5.74, 6) is 0.0404. The van der Waals surface area contributed by atoms with Gasteiger partial charge in [-0.2, -0.15) is 0 Å². The maximum absolute atomic E-state index is 13.9. The van der Waals surface area contributed by atoms with Gasteiger partial charge in [-0.25, -0.2) is 9.18 Å².